The second-order valence-electron chi connectivity index (χ2n) is 11.0. The van der Waals surface area contributed by atoms with E-state index in [-0.39, 0.29) is 29.4 Å². The first-order valence-electron chi connectivity index (χ1n) is 11.8. The van der Waals surface area contributed by atoms with Crippen LogP contribution in [0, 0.1) is 34.5 Å². The molecular weight excluding hydrogens is 362 g/mol. The van der Waals surface area contributed by atoms with Crippen molar-refractivity contribution in [1.29, 1.82) is 0 Å². The number of allylic oxidation sites excluding steroid dienone is 1. The molecule has 8 atom stereocenters. The van der Waals surface area contributed by atoms with E-state index in [2.05, 4.69) is 32.2 Å². The molecule has 0 saturated heterocycles. The molecule has 4 nitrogen and oxygen atoms in total. The summed E-state index contributed by atoms with van der Waals surface area (Å²) in [5.41, 5.74) is 2.18. The highest BCUT2D eigenvalue weighted by atomic mass is 16.5. The number of nitrogens with one attached hydrogen (secondary N) is 1. The Hall–Kier alpha value is -1.32. The van der Waals surface area contributed by atoms with Gasteiger partial charge in [-0.25, -0.2) is 0 Å². The van der Waals surface area contributed by atoms with Crippen LogP contribution in [0.1, 0.15) is 86.0 Å². The molecule has 29 heavy (non-hydrogen) atoms. The molecule has 0 aliphatic heterocycles. The Balaban J connectivity index is 1.54. The highest BCUT2D eigenvalue weighted by molar-refractivity contribution is 5.73. The Morgan fingerprint density at radius 3 is 2.55 bits per heavy atom. The van der Waals surface area contributed by atoms with Crippen molar-refractivity contribution in [2.75, 3.05) is 0 Å². The smallest absolute Gasteiger partial charge is 0.302 e. The fourth-order valence-electron chi connectivity index (χ4n) is 8.25. The van der Waals surface area contributed by atoms with Crippen LogP contribution in [0.5, 0.6) is 0 Å². The van der Waals surface area contributed by atoms with Gasteiger partial charge >= 0.3 is 5.97 Å². The van der Waals surface area contributed by atoms with Crippen LogP contribution in [0.4, 0.5) is 0 Å². The van der Waals surface area contributed by atoms with Gasteiger partial charge in [0.1, 0.15) is 6.10 Å². The zero-order valence-corrected chi connectivity index (χ0v) is 18.9. The topological polar surface area (TPSA) is 55.4 Å². The Bertz CT molecular complexity index is 715. The molecule has 162 valence electrons. The number of rotatable bonds is 3. The molecule has 3 saturated carbocycles. The zero-order chi connectivity index (χ0) is 21.0. The number of carbonyl (C=O) groups is 2. The van der Waals surface area contributed by atoms with E-state index in [0.29, 0.717) is 11.3 Å². The number of amides is 1. The minimum atomic E-state index is -0.147. The summed E-state index contributed by atoms with van der Waals surface area (Å²) in [5.74, 6) is 2.83. The molecule has 4 heteroatoms. The Morgan fingerprint density at radius 2 is 1.86 bits per heavy atom. The Morgan fingerprint density at radius 1 is 1.10 bits per heavy atom. The van der Waals surface area contributed by atoms with Crippen LogP contribution in [0.25, 0.3) is 0 Å². The van der Waals surface area contributed by atoms with Crippen molar-refractivity contribution < 1.29 is 14.3 Å². The van der Waals surface area contributed by atoms with Crippen molar-refractivity contribution in [2.45, 2.75) is 98.1 Å². The summed E-state index contributed by atoms with van der Waals surface area (Å²) in [6, 6.07) is 0.267. The average molecular weight is 402 g/mol. The summed E-state index contributed by atoms with van der Waals surface area (Å²) in [6.07, 6.45) is 12.0. The molecule has 0 radical (unpaired) electrons. The van der Waals surface area contributed by atoms with Crippen LogP contribution >= 0.6 is 0 Å². The van der Waals surface area contributed by atoms with Crippen LogP contribution in [0.3, 0.4) is 0 Å². The van der Waals surface area contributed by atoms with Crippen LogP contribution in [0.2, 0.25) is 0 Å². The summed E-state index contributed by atoms with van der Waals surface area (Å²) in [6.45, 7) is 10.4. The number of carbonyl (C=O) groups excluding carboxylic acids is 2. The molecule has 1 amide bonds. The number of hydrogen-bond acceptors (Lipinski definition) is 3. The molecule has 0 aromatic carbocycles. The van der Waals surface area contributed by atoms with Gasteiger partial charge < -0.3 is 10.1 Å². The lowest BCUT2D eigenvalue weighted by atomic mass is 9.47. The summed E-state index contributed by atoms with van der Waals surface area (Å²) >= 11 is 0. The maximum atomic E-state index is 11.6. The molecule has 4 rings (SSSR count). The van der Waals surface area contributed by atoms with E-state index in [4.69, 9.17) is 4.74 Å². The van der Waals surface area contributed by atoms with E-state index >= 15 is 0 Å². The first-order valence-corrected chi connectivity index (χ1v) is 11.8. The van der Waals surface area contributed by atoms with Gasteiger partial charge in [-0.05, 0) is 86.4 Å². The summed E-state index contributed by atoms with van der Waals surface area (Å²) < 4.78 is 5.56. The quantitative estimate of drug-likeness (QED) is 0.533. The van der Waals surface area contributed by atoms with Gasteiger partial charge in [0.25, 0.3) is 0 Å². The van der Waals surface area contributed by atoms with Crippen LogP contribution in [0.15, 0.2) is 11.6 Å². The highest BCUT2D eigenvalue weighted by Crippen LogP contribution is 2.66. The molecule has 4 aliphatic rings. The molecule has 4 aliphatic carbocycles. The molecule has 3 fully saturated rings. The van der Waals surface area contributed by atoms with Crippen molar-refractivity contribution in [3.8, 4) is 0 Å². The minimum Gasteiger partial charge on any atom is -0.462 e. The minimum absolute atomic E-state index is 0.0756. The number of ether oxygens (including phenoxy) is 1. The molecule has 0 bridgehead atoms. The second kappa shape index (κ2) is 7.42. The van der Waals surface area contributed by atoms with Gasteiger partial charge in [0.05, 0.1) is 0 Å². The summed E-state index contributed by atoms with van der Waals surface area (Å²) in [4.78, 5) is 23.1. The van der Waals surface area contributed by atoms with E-state index in [1.807, 2.05) is 0 Å². The average Bonchev–Trinajstić information content (AvgIpc) is 2.98. The monoisotopic (exact) mass is 401 g/mol. The van der Waals surface area contributed by atoms with Crippen molar-refractivity contribution >= 4 is 11.9 Å². The fraction of sp³-hybridized carbons (Fsp3) is 0.840. The molecule has 1 N–H and O–H groups in total. The van der Waals surface area contributed by atoms with Gasteiger partial charge in [-0.15, -0.1) is 0 Å². The third-order valence-electron chi connectivity index (χ3n) is 9.50. The second-order valence-corrected chi connectivity index (χ2v) is 11.0. The van der Waals surface area contributed by atoms with E-state index in [9.17, 15) is 9.59 Å². The maximum Gasteiger partial charge on any atom is 0.302 e. The van der Waals surface area contributed by atoms with Gasteiger partial charge in [0, 0.05) is 26.3 Å². The van der Waals surface area contributed by atoms with Crippen molar-refractivity contribution in [3.63, 3.8) is 0 Å². The van der Waals surface area contributed by atoms with Gasteiger partial charge in [-0.3, -0.25) is 9.59 Å². The fourth-order valence-corrected chi connectivity index (χ4v) is 8.25. The third-order valence-corrected chi connectivity index (χ3v) is 9.50. The zero-order valence-electron chi connectivity index (χ0n) is 18.9. The predicted octanol–water partition coefficient (Wildman–Crippen LogP) is 5.02. The third kappa shape index (κ3) is 3.45. The number of hydrogen-bond donors (Lipinski definition) is 1. The molecule has 0 spiro atoms. The lowest BCUT2D eigenvalue weighted by Crippen LogP contribution is -2.52. The number of esters is 1. The van der Waals surface area contributed by atoms with Crippen LogP contribution in [-0.2, 0) is 14.3 Å². The van der Waals surface area contributed by atoms with E-state index in [0.717, 1.165) is 37.0 Å². The van der Waals surface area contributed by atoms with Crippen molar-refractivity contribution in [1.82, 2.24) is 5.32 Å². The SMILES string of the molecule is CC(=O)N[C@@H](C)[C@H]1CC[C@H]2[C@@H]3CC=C4C[C@@H](OC(C)=O)CC[C@]4(C)[C@H]3CC[C@]12C. The van der Waals surface area contributed by atoms with Gasteiger partial charge in [-0.2, -0.15) is 0 Å². The summed E-state index contributed by atoms with van der Waals surface area (Å²) in [5, 5.41) is 3.20. The van der Waals surface area contributed by atoms with E-state index < -0.39 is 0 Å². The van der Waals surface area contributed by atoms with Gasteiger partial charge in [0.2, 0.25) is 5.91 Å². The largest absolute Gasteiger partial charge is 0.462 e. The van der Waals surface area contributed by atoms with Gasteiger partial charge in [-0.1, -0.05) is 25.5 Å². The Kier molecular flexibility index (Phi) is 5.36. The maximum absolute atomic E-state index is 11.6. The van der Waals surface area contributed by atoms with Crippen molar-refractivity contribution in [3.05, 3.63) is 11.6 Å². The first-order chi connectivity index (χ1) is 13.6. The lowest BCUT2D eigenvalue weighted by molar-refractivity contribution is -0.148. The highest BCUT2D eigenvalue weighted by Gasteiger charge is 2.59. The summed E-state index contributed by atoms with van der Waals surface area (Å²) in [7, 11) is 0. The normalized spacial score (nSPS) is 44.6. The lowest BCUT2D eigenvalue weighted by Gasteiger charge is -2.58. The molecule has 0 aromatic rings. The molecule has 0 heterocycles. The Labute approximate surface area is 176 Å². The van der Waals surface area contributed by atoms with E-state index in [1.54, 1.807) is 12.5 Å². The van der Waals surface area contributed by atoms with Gasteiger partial charge in [0.15, 0.2) is 0 Å². The predicted molar refractivity (Wildman–Crippen MR) is 114 cm³/mol. The standard InChI is InChI=1S/C25H39NO3/c1-15(26-16(2)27)21-8-9-22-20-7-6-18-14-19(29-17(3)28)10-12-24(18,4)23(20)11-13-25(21,22)5/h6,15,19-23H,7-14H2,1-5H3,(H,26,27)/t15-,19-,20-,21+,22-,23-,24-,25+/m0/s1. The number of fused-ring (bicyclic) bond motifs is 5. The van der Waals surface area contributed by atoms with Crippen LogP contribution < -0.4 is 5.32 Å². The first kappa shape index (κ1) is 20.9. The molecule has 0 aromatic heterocycles. The van der Waals surface area contributed by atoms with E-state index in [1.165, 1.54) is 39.0 Å². The molecular formula is C25H39NO3. The molecule has 0 unspecified atom stereocenters. The van der Waals surface area contributed by atoms with Crippen LogP contribution in [-0.4, -0.2) is 24.0 Å². The van der Waals surface area contributed by atoms with Crippen molar-refractivity contribution in [2.24, 2.45) is 34.5 Å².